The number of carbonyl (C=O) groups is 2. The van der Waals surface area contributed by atoms with Gasteiger partial charge in [0.25, 0.3) is 0 Å². The fourth-order valence-electron chi connectivity index (χ4n) is 2.62. The summed E-state index contributed by atoms with van der Waals surface area (Å²) in [5, 5.41) is 17.4. The van der Waals surface area contributed by atoms with Crippen molar-refractivity contribution < 1.29 is 24.2 Å². The van der Waals surface area contributed by atoms with E-state index in [1.54, 1.807) is 0 Å². The number of nitrogens with two attached hydrogens (primary N) is 1. The number of hydrogen-bond donors (Lipinski definition) is 3. The third kappa shape index (κ3) is 0.771. The maximum Gasteiger partial charge on any atom is 0.342 e. The van der Waals surface area contributed by atoms with E-state index in [0.717, 1.165) is 0 Å². The number of halogens is 1. The van der Waals surface area contributed by atoms with Gasteiger partial charge in [-0.05, 0) is 12.8 Å². The predicted molar refractivity (Wildman–Crippen MR) is 42.2 cm³/mol. The molecule has 78 valence electrons. The Morgan fingerprint density at radius 3 is 2.29 bits per heavy atom. The lowest BCUT2D eigenvalue weighted by Crippen LogP contribution is -2.51. The summed E-state index contributed by atoms with van der Waals surface area (Å²) >= 11 is 0. The monoisotopic (exact) mass is 203 g/mol. The Balaban J connectivity index is 2.31. The molecule has 6 heteroatoms. The van der Waals surface area contributed by atoms with Crippen molar-refractivity contribution in [3.05, 3.63) is 0 Å². The highest BCUT2D eigenvalue weighted by atomic mass is 19.1. The summed E-state index contributed by atoms with van der Waals surface area (Å²) in [7, 11) is 0. The molecule has 0 aromatic heterocycles. The molecule has 0 saturated heterocycles. The molecule has 0 aromatic carbocycles. The molecule has 0 radical (unpaired) electrons. The second-order valence-corrected chi connectivity index (χ2v) is 4.04. The van der Waals surface area contributed by atoms with E-state index < -0.39 is 35.0 Å². The molecule has 2 saturated carbocycles. The number of carboxylic acid groups (broad SMARTS) is 2. The van der Waals surface area contributed by atoms with Crippen molar-refractivity contribution in [2.45, 2.75) is 24.0 Å². The summed E-state index contributed by atoms with van der Waals surface area (Å²) < 4.78 is 13.6. The Labute approximate surface area is 78.7 Å². The van der Waals surface area contributed by atoms with Crippen LogP contribution in [0.15, 0.2) is 0 Å². The quantitative estimate of drug-likeness (QED) is 0.567. The van der Waals surface area contributed by atoms with Crippen molar-refractivity contribution in [3.63, 3.8) is 0 Å². The Bertz CT molecular complexity index is 333. The SMILES string of the molecule is NC1(C(=O)O)CCC2C1C2(F)C(=O)O. The van der Waals surface area contributed by atoms with Crippen LogP contribution in [0, 0.1) is 11.8 Å². The van der Waals surface area contributed by atoms with Gasteiger partial charge in [-0.15, -0.1) is 0 Å². The lowest BCUT2D eigenvalue weighted by molar-refractivity contribution is -0.149. The molecular weight excluding hydrogens is 193 g/mol. The highest BCUT2D eigenvalue weighted by Crippen LogP contribution is 2.66. The Hall–Kier alpha value is -1.17. The van der Waals surface area contributed by atoms with Crippen LogP contribution in [0.3, 0.4) is 0 Å². The zero-order chi connectivity index (χ0) is 10.7. The van der Waals surface area contributed by atoms with Gasteiger partial charge in [0, 0.05) is 11.8 Å². The largest absolute Gasteiger partial charge is 0.480 e. The topological polar surface area (TPSA) is 101 Å². The number of rotatable bonds is 2. The molecule has 0 bridgehead atoms. The van der Waals surface area contributed by atoms with Crippen LogP contribution in [-0.4, -0.2) is 33.4 Å². The molecule has 2 aliphatic carbocycles. The number of hydrogen-bond acceptors (Lipinski definition) is 3. The first-order valence-corrected chi connectivity index (χ1v) is 4.29. The van der Waals surface area contributed by atoms with Gasteiger partial charge in [-0.25, -0.2) is 9.18 Å². The summed E-state index contributed by atoms with van der Waals surface area (Å²) in [4.78, 5) is 21.4. The van der Waals surface area contributed by atoms with Crippen LogP contribution >= 0.6 is 0 Å². The third-order valence-electron chi connectivity index (χ3n) is 3.44. The smallest absolute Gasteiger partial charge is 0.342 e. The number of fused-ring (bicyclic) bond motifs is 1. The van der Waals surface area contributed by atoms with Crippen molar-refractivity contribution in [1.29, 1.82) is 0 Å². The van der Waals surface area contributed by atoms with E-state index in [-0.39, 0.29) is 12.8 Å². The summed E-state index contributed by atoms with van der Waals surface area (Å²) in [6.07, 6.45) is 0.382. The van der Waals surface area contributed by atoms with Gasteiger partial charge in [0.1, 0.15) is 5.54 Å². The van der Waals surface area contributed by atoms with E-state index in [9.17, 15) is 14.0 Å². The molecule has 2 aliphatic rings. The zero-order valence-corrected chi connectivity index (χ0v) is 7.24. The zero-order valence-electron chi connectivity index (χ0n) is 7.24. The predicted octanol–water partition coefficient (Wildman–Crippen LogP) is -0.399. The number of alkyl halides is 1. The normalized spacial score (nSPS) is 49.9. The Morgan fingerprint density at radius 2 is 1.93 bits per heavy atom. The molecule has 0 aliphatic heterocycles. The lowest BCUT2D eigenvalue weighted by Gasteiger charge is -2.22. The van der Waals surface area contributed by atoms with E-state index in [1.807, 2.05) is 0 Å². The minimum Gasteiger partial charge on any atom is -0.480 e. The van der Waals surface area contributed by atoms with Gasteiger partial charge >= 0.3 is 11.9 Å². The molecule has 0 spiro atoms. The first kappa shape index (κ1) is 9.39. The molecule has 4 unspecified atom stereocenters. The van der Waals surface area contributed by atoms with Crippen molar-refractivity contribution >= 4 is 11.9 Å². The molecule has 5 nitrogen and oxygen atoms in total. The molecule has 0 amide bonds. The van der Waals surface area contributed by atoms with Crippen LogP contribution < -0.4 is 5.73 Å². The minimum atomic E-state index is -2.41. The van der Waals surface area contributed by atoms with E-state index in [4.69, 9.17) is 15.9 Å². The van der Waals surface area contributed by atoms with E-state index in [1.165, 1.54) is 0 Å². The first-order chi connectivity index (χ1) is 6.35. The summed E-state index contributed by atoms with van der Waals surface area (Å²) in [5.41, 5.74) is 1.39. The van der Waals surface area contributed by atoms with Gasteiger partial charge in [0.05, 0.1) is 0 Å². The first-order valence-electron chi connectivity index (χ1n) is 4.29. The van der Waals surface area contributed by atoms with Gasteiger partial charge in [-0.3, -0.25) is 4.79 Å². The molecule has 14 heavy (non-hydrogen) atoms. The maximum absolute atomic E-state index is 13.6. The Kier molecular flexibility index (Phi) is 1.51. The van der Waals surface area contributed by atoms with E-state index in [2.05, 4.69) is 0 Å². The highest BCUT2D eigenvalue weighted by Gasteiger charge is 2.82. The van der Waals surface area contributed by atoms with Crippen LogP contribution in [0.25, 0.3) is 0 Å². The molecule has 4 atom stereocenters. The fraction of sp³-hybridized carbons (Fsp3) is 0.750. The summed E-state index contributed by atoms with van der Waals surface area (Å²) in [5.74, 6) is -4.69. The average molecular weight is 203 g/mol. The summed E-state index contributed by atoms with van der Waals surface area (Å²) in [6.45, 7) is 0. The van der Waals surface area contributed by atoms with Gasteiger partial charge in [0.2, 0.25) is 5.67 Å². The van der Waals surface area contributed by atoms with Gasteiger partial charge in [-0.1, -0.05) is 0 Å². The number of aliphatic carboxylic acids is 2. The second kappa shape index (κ2) is 2.25. The molecule has 4 N–H and O–H groups in total. The number of carboxylic acids is 2. The average Bonchev–Trinajstić information content (AvgIpc) is 2.50. The van der Waals surface area contributed by atoms with E-state index >= 15 is 0 Å². The van der Waals surface area contributed by atoms with Crippen molar-refractivity contribution in [1.82, 2.24) is 0 Å². The fourth-order valence-corrected chi connectivity index (χ4v) is 2.62. The molecular formula is C8H10FNO4. The standard InChI is InChI=1S/C8H10FNO4/c9-8(6(13)14)3-1-2-7(10,4(3)8)5(11)12/h3-4H,1-2,10H2,(H,11,12)(H,13,14). The van der Waals surface area contributed by atoms with Crippen LogP contribution in [-0.2, 0) is 9.59 Å². The van der Waals surface area contributed by atoms with Crippen molar-refractivity contribution in [3.8, 4) is 0 Å². The van der Waals surface area contributed by atoms with Gasteiger partial charge in [-0.2, -0.15) is 0 Å². The second-order valence-electron chi connectivity index (χ2n) is 4.04. The highest BCUT2D eigenvalue weighted by molar-refractivity contribution is 5.89. The minimum absolute atomic E-state index is 0.149. The van der Waals surface area contributed by atoms with Crippen LogP contribution in [0.5, 0.6) is 0 Å². The van der Waals surface area contributed by atoms with Gasteiger partial charge < -0.3 is 15.9 Å². The van der Waals surface area contributed by atoms with Crippen LogP contribution in [0.4, 0.5) is 4.39 Å². The van der Waals surface area contributed by atoms with E-state index in [0.29, 0.717) is 0 Å². The maximum atomic E-state index is 13.6. The molecule has 0 aromatic rings. The van der Waals surface area contributed by atoms with Crippen LogP contribution in [0.1, 0.15) is 12.8 Å². The molecule has 2 fully saturated rings. The molecule has 0 heterocycles. The Morgan fingerprint density at radius 1 is 1.36 bits per heavy atom. The van der Waals surface area contributed by atoms with Crippen molar-refractivity contribution in [2.75, 3.05) is 0 Å². The lowest BCUT2D eigenvalue weighted by atomic mass is 9.91. The third-order valence-corrected chi connectivity index (χ3v) is 3.44. The molecule has 2 rings (SSSR count). The van der Waals surface area contributed by atoms with Gasteiger partial charge in [0.15, 0.2) is 0 Å². The van der Waals surface area contributed by atoms with Crippen molar-refractivity contribution in [2.24, 2.45) is 17.6 Å². The summed E-state index contributed by atoms with van der Waals surface area (Å²) in [6, 6.07) is 0. The van der Waals surface area contributed by atoms with Crippen LogP contribution in [0.2, 0.25) is 0 Å².